The summed E-state index contributed by atoms with van der Waals surface area (Å²) in [5, 5.41) is 7.23. The van der Waals surface area contributed by atoms with Crippen molar-refractivity contribution in [2.24, 2.45) is 5.73 Å². The number of rotatable bonds is 4. The van der Waals surface area contributed by atoms with E-state index in [1.165, 1.54) is 42.0 Å². The molecule has 0 amide bonds. The Morgan fingerprint density at radius 3 is 2.70 bits per heavy atom. The number of fused-ring (bicyclic) bond motifs is 1. The highest BCUT2D eigenvalue weighted by Gasteiger charge is 2.27. The summed E-state index contributed by atoms with van der Waals surface area (Å²) in [6, 6.07) is 12.4. The van der Waals surface area contributed by atoms with Crippen molar-refractivity contribution in [2.45, 2.75) is 51.1 Å². The molecule has 33 heavy (non-hydrogen) atoms. The van der Waals surface area contributed by atoms with Gasteiger partial charge in [-0.15, -0.1) is 0 Å². The van der Waals surface area contributed by atoms with Crippen LogP contribution in [-0.2, 0) is 0 Å². The molecular formula is C27H32ClFN4. The van der Waals surface area contributed by atoms with Crippen molar-refractivity contribution >= 4 is 28.6 Å². The van der Waals surface area contributed by atoms with Gasteiger partial charge < -0.3 is 16.4 Å². The van der Waals surface area contributed by atoms with E-state index in [4.69, 9.17) is 17.3 Å². The molecule has 0 bridgehead atoms. The average molecular weight is 467 g/mol. The molecule has 0 radical (unpaired) electrons. The summed E-state index contributed by atoms with van der Waals surface area (Å²) in [5.41, 5.74) is 13.9. The third kappa shape index (κ3) is 4.62. The lowest BCUT2D eigenvalue weighted by Crippen LogP contribution is -2.42. The first-order valence-electron chi connectivity index (χ1n) is 12.0. The molecule has 0 aromatic heterocycles. The lowest BCUT2D eigenvalue weighted by Gasteiger charge is -2.39. The number of benzene rings is 2. The van der Waals surface area contributed by atoms with Crippen LogP contribution in [0, 0.1) is 5.82 Å². The summed E-state index contributed by atoms with van der Waals surface area (Å²) >= 11 is 6.04. The van der Waals surface area contributed by atoms with Crippen LogP contribution < -0.4 is 16.4 Å². The van der Waals surface area contributed by atoms with E-state index in [2.05, 4.69) is 39.8 Å². The van der Waals surface area contributed by atoms with Gasteiger partial charge in [-0.05, 0) is 73.6 Å². The Labute approximate surface area is 200 Å². The van der Waals surface area contributed by atoms with Crippen LogP contribution in [0.15, 0.2) is 48.2 Å². The highest BCUT2D eigenvalue weighted by atomic mass is 35.5. The fourth-order valence-electron chi connectivity index (χ4n) is 5.19. The second-order valence-electron chi connectivity index (χ2n) is 9.46. The maximum Gasteiger partial charge on any atom is 0.141 e. The van der Waals surface area contributed by atoms with Crippen molar-refractivity contribution in [2.75, 3.05) is 25.0 Å². The van der Waals surface area contributed by atoms with Crippen molar-refractivity contribution in [1.29, 1.82) is 0 Å². The molecular weight excluding hydrogens is 435 g/mol. The Hall–Kier alpha value is -2.50. The van der Waals surface area contributed by atoms with Gasteiger partial charge in [0.25, 0.3) is 0 Å². The Balaban J connectivity index is 1.47. The molecule has 174 valence electrons. The first kappa shape index (κ1) is 22.3. The molecule has 2 aromatic rings. The zero-order valence-corrected chi connectivity index (χ0v) is 19.9. The van der Waals surface area contributed by atoms with Crippen LogP contribution in [0.2, 0.25) is 5.02 Å². The quantitative estimate of drug-likeness (QED) is 0.524. The van der Waals surface area contributed by atoms with Gasteiger partial charge >= 0.3 is 0 Å². The van der Waals surface area contributed by atoms with Crippen LogP contribution in [-0.4, -0.2) is 30.6 Å². The number of halogens is 2. The Bertz CT molecular complexity index is 1100. The minimum absolute atomic E-state index is 0.0569. The fraction of sp³-hybridized carbons (Fsp3) is 0.407. The molecule has 0 spiro atoms. The number of hydrogen-bond donors (Lipinski definition) is 3. The van der Waals surface area contributed by atoms with Crippen LogP contribution >= 0.6 is 11.6 Å². The Morgan fingerprint density at radius 2 is 2.03 bits per heavy atom. The van der Waals surface area contributed by atoms with Gasteiger partial charge in [-0.3, -0.25) is 4.90 Å². The first-order valence-corrected chi connectivity index (χ1v) is 12.4. The maximum absolute atomic E-state index is 13.7. The van der Waals surface area contributed by atoms with Crippen LogP contribution in [0.25, 0.3) is 11.3 Å². The van der Waals surface area contributed by atoms with Gasteiger partial charge in [-0.1, -0.05) is 36.2 Å². The molecule has 2 aliphatic heterocycles. The van der Waals surface area contributed by atoms with Crippen LogP contribution in [0.4, 0.5) is 10.1 Å². The minimum atomic E-state index is -0.406. The fourth-order valence-corrected chi connectivity index (χ4v) is 5.37. The second-order valence-corrected chi connectivity index (χ2v) is 9.87. The number of hydrogen-bond acceptors (Lipinski definition) is 4. The molecule has 1 unspecified atom stereocenters. The summed E-state index contributed by atoms with van der Waals surface area (Å²) < 4.78 is 13.7. The topological polar surface area (TPSA) is 53.3 Å². The van der Waals surface area contributed by atoms with Gasteiger partial charge in [0, 0.05) is 42.6 Å². The summed E-state index contributed by atoms with van der Waals surface area (Å²) in [6.45, 7) is 4.91. The van der Waals surface area contributed by atoms with Gasteiger partial charge in [0.2, 0.25) is 0 Å². The molecule has 6 heteroatoms. The monoisotopic (exact) mass is 466 g/mol. The standard InChI is InChI=1S/C27H32ClFN4/c1-17(30)27-22-7-5-19(18-10-13-33(14-11-18)21-3-2-4-21)15-23(22)26(9-12-31-27)32-20-6-8-25(29)24(28)16-20/h5-8,10,15-16,21,26,31-32H,2-4,9,11-14,30H2,1H3/b27-17-. The maximum atomic E-state index is 13.7. The average Bonchev–Trinajstić information content (AvgIpc) is 2.95. The highest BCUT2D eigenvalue weighted by Crippen LogP contribution is 2.36. The Kier molecular flexibility index (Phi) is 6.35. The molecule has 1 fully saturated rings. The van der Waals surface area contributed by atoms with Crippen molar-refractivity contribution in [3.05, 3.63) is 75.7 Å². The van der Waals surface area contributed by atoms with Gasteiger partial charge in [0.1, 0.15) is 5.82 Å². The van der Waals surface area contributed by atoms with Crippen molar-refractivity contribution in [3.8, 4) is 0 Å². The molecule has 2 aromatic carbocycles. The number of anilines is 1. The summed E-state index contributed by atoms with van der Waals surface area (Å²) in [4.78, 5) is 2.63. The summed E-state index contributed by atoms with van der Waals surface area (Å²) in [5.74, 6) is -0.406. The predicted octanol–water partition coefficient (Wildman–Crippen LogP) is 5.91. The normalized spacial score (nSPS) is 23.0. The molecule has 1 atom stereocenters. The zero-order chi connectivity index (χ0) is 22.9. The van der Waals surface area contributed by atoms with Gasteiger partial charge in [0.15, 0.2) is 0 Å². The van der Waals surface area contributed by atoms with E-state index < -0.39 is 5.82 Å². The Morgan fingerprint density at radius 1 is 1.18 bits per heavy atom. The van der Waals surface area contributed by atoms with Crippen LogP contribution in [0.3, 0.4) is 0 Å². The van der Waals surface area contributed by atoms with E-state index in [-0.39, 0.29) is 11.1 Å². The first-order chi connectivity index (χ1) is 16.0. The van der Waals surface area contributed by atoms with Crippen LogP contribution in [0.1, 0.15) is 61.8 Å². The summed E-state index contributed by atoms with van der Waals surface area (Å²) in [6.07, 6.45) is 8.44. The lowest BCUT2D eigenvalue weighted by molar-refractivity contribution is 0.141. The molecule has 1 aliphatic carbocycles. The third-order valence-electron chi connectivity index (χ3n) is 7.29. The van der Waals surface area contributed by atoms with Gasteiger partial charge in [-0.25, -0.2) is 4.39 Å². The number of nitrogens with one attached hydrogen (secondary N) is 2. The lowest BCUT2D eigenvalue weighted by atomic mass is 9.88. The largest absolute Gasteiger partial charge is 0.401 e. The molecule has 1 saturated carbocycles. The molecule has 2 heterocycles. The molecule has 3 aliphatic rings. The molecule has 4 N–H and O–H groups in total. The van der Waals surface area contributed by atoms with E-state index >= 15 is 0 Å². The smallest absolute Gasteiger partial charge is 0.141 e. The van der Waals surface area contributed by atoms with E-state index in [1.807, 2.05) is 6.92 Å². The molecule has 4 nitrogen and oxygen atoms in total. The number of nitrogens with zero attached hydrogens (tertiary/aromatic N) is 1. The highest BCUT2D eigenvalue weighted by molar-refractivity contribution is 6.31. The van der Waals surface area contributed by atoms with E-state index in [9.17, 15) is 4.39 Å². The molecule has 0 saturated heterocycles. The summed E-state index contributed by atoms with van der Waals surface area (Å²) in [7, 11) is 0. The van der Waals surface area contributed by atoms with Gasteiger partial charge in [0.05, 0.1) is 16.8 Å². The number of nitrogens with two attached hydrogens (primary N) is 1. The second kappa shape index (κ2) is 9.40. The SMILES string of the molecule is C/C(N)=C1/NCCC(Nc2ccc(F)c(Cl)c2)c2cc(C3=CCN(C4CCC4)CC3)ccc21. The number of allylic oxidation sites excluding steroid dienone is 1. The predicted molar refractivity (Wildman–Crippen MR) is 135 cm³/mol. The third-order valence-corrected chi connectivity index (χ3v) is 7.58. The van der Waals surface area contributed by atoms with Crippen LogP contribution in [0.5, 0.6) is 0 Å². The minimum Gasteiger partial charge on any atom is -0.401 e. The van der Waals surface area contributed by atoms with Crippen molar-refractivity contribution in [1.82, 2.24) is 10.2 Å². The van der Waals surface area contributed by atoms with E-state index in [1.54, 1.807) is 12.1 Å². The van der Waals surface area contributed by atoms with Crippen molar-refractivity contribution in [3.63, 3.8) is 0 Å². The van der Waals surface area contributed by atoms with Gasteiger partial charge in [-0.2, -0.15) is 0 Å². The zero-order valence-electron chi connectivity index (χ0n) is 19.1. The van der Waals surface area contributed by atoms with E-state index in [0.29, 0.717) is 0 Å². The molecule has 5 rings (SSSR count). The van der Waals surface area contributed by atoms with E-state index in [0.717, 1.165) is 61.2 Å². The van der Waals surface area contributed by atoms with Crippen molar-refractivity contribution < 1.29 is 4.39 Å².